The molecule has 0 fully saturated rings. The lowest BCUT2D eigenvalue weighted by Gasteiger charge is -2.08. The molecule has 0 spiro atoms. The van der Waals surface area contributed by atoms with Crippen LogP contribution < -0.4 is 10.2 Å². The molecule has 0 aliphatic heterocycles. The Kier molecular flexibility index (Phi) is 5.76. The number of quaternary nitrogens is 1. The summed E-state index contributed by atoms with van der Waals surface area (Å²) >= 11 is 2.21. The van der Waals surface area contributed by atoms with Gasteiger partial charge in [0, 0.05) is 22.1 Å². The largest absolute Gasteiger partial charge is 0.352 e. The molecule has 16 heavy (non-hydrogen) atoms. The zero-order valence-corrected chi connectivity index (χ0v) is 11.9. The lowest BCUT2D eigenvalue weighted by molar-refractivity contribution is -0.858. The van der Waals surface area contributed by atoms with Crippen LogP contribution in [0, 0.1) is 3.57 Å². The Bertz CT molecular complexity index is 353. The molecule has 0 aliphatic carbocycles. The van der Waals surface area contributed by atoms with E-state index in [1.807, 2.05) is 24.3 Å². The van der Waals surface area contributed by atoms with Crippen molar-refractivity contribution in [1.29, 1.82) is 0 Å². The van der Waals surface area contributed by atoms with E-state index in [9.17, 15) is 4.79 Å². The van der Waals surface area contributed by atoms with Crippen molar-refractivity contribution in [3.05, 3.63) is 33.4 Å². The molecule has 0 aliphatic rings. The van der Waals surface area contributed by atoms with Crippen molar-refractivity contribution in [2.45, 2.75) is 6.42 Å². The molecule has 0 saturated heterocycles. The van der Waals surface area contributed by atoms with E-state index in [4.69, 9.17) is 0 Å². The minimum Gasteiger partial charge on any atom is -0.352 e. The quantitative estimate of drug-likeness (QED) is 0.599. The highest BCUT2D eigenvalue weighted by Crippen LogP contribution is 2.07. The number of rotatable bonds is 5. The number of nitrogens with one attached hydrogen (secondary N) is 2. The SMILES string of the molecule is C[NH+](C)CCCNC(=O)c1cccc(I)c1. The fourth-order valence-electron chi connectivity index (χ4n) is 1.38. The molecule has 0 atom stereocenters. The van der Waals surface area contributed by atoms with Gasteiger partial charge in [-0.3, -0.25) is 4.79 Å². The zero-order valence-electron chi connectivity index (χ0n) is 9.72. The molecule has 0 heterocycles. The second-order valence-electron chi connectivity index (χ2n) is 4.08. The van der Waals surface area contributed by atoms with Gasteiger partial charge in [0.1, 0.15) is 0 Å². The summed E-state index contributed by atoms with van der Waals surface area (Å²) in [6.07, 6.45) is 1.01. The van der Waals surface area contributed by atoms with Gasteiger partial charge < -0.3 is 10.2 Å². The highest BCUT2D eigenvalue weighted by molar-refractivity contribution is 14.1. The number of hydrogen-bond donors (Lipinski definition) is 2. The third kappa shape index (κ3) is 4.94. The lowest BCUT2D eigenvalue weighted by Crippen LogP contribution is -3.05. The van der Waals surface area contributed by atoms with E-state index in [1.54, 1.807) is 0 Å². The number of carbonyl (C=O) groups is 1. The third-order valence-electron chi connectivity index (χ3n) is 2.23. The molecule has 1 aromatic carbocycles. The molecule has 1 aromatic rings. The maximum absolute atomic E-state index is 11.7. The Balaban J connectivity index is 2.35. The van der Waals surface area contributed by atoms with Crippen molar-refractivity contribution < 1.29 is 9.69 Å². The van der Waals surface area contributed by atoms with Gasteiger partial charge in [0.15, 0.2) is 0 Å². The molecule has 4 heteroatoms. The average molecular weight is 333 g/mol. The Labute approximate surface area is 110 Å². The molecule has 1 amide bonds. The van der Waals surface area contributed by atoms with Gasteiger partial charge in [0.2, 0.25) is 0 Å². The molecule has 0 aromatic heterocycles. The van der Waals surface area contributed by atoms with Crippen LogP contribution >= 0.6 is 22.6 Å². The molecular formula is C12H18IN2O+. The van der Waals surface area contributed by atoms with Crippen LogP contribution in [0.15, 0.2) is 24.3 Å². The van der Waals surface area contributed by atoms with Gasteiger partial charge in [-0.1, -0.05) is 6.07 Å². The van der Waals surface area contributed by atoms with Gasteiger partial charge in [0.05, 0.1) is 20.6 Å². The first kappa shape index (κ1) is 13.4. The first-order chi connectivity index (χ1) is 7.59. The van der Waals surface area contributed by atoms with Crippen molar-refractivity contribution in [3.63, 3.8) is 0 Å². The van der Waals surface area contributed by atoms with Gasteiger partial charge in [0.25, 0.3) is 5.91 Å². The third-order valence-corrected chi connectivity index (χ3v) is 2.90. The van der Waals surface area contributed by atoms with Gasteiger partial charge in [-0.2, -0.15) is 0 Å². The molecule has 0 bridgehead atoms. The molecule has 2 N–H and O–H groups in total. The summed E-state index contributed by atoms with van der Waals surface area (Å²) < 4.78 is 1.09. The highest BCUT2D eigenvalue weighted by Gasteiger charge is 2.04. The van der Waals surface area contributed by atoms with Gasteiger partial charge in [-0.15, -0.1) is 0 Å². The standard InChI is InChI=1S/C12H17IN2O/c1-15(2)8-4-7-14-12(16)10-5-3-6-11(13)9-10/h3,5-6,9H,4,7-8H2,1-2H3,(H,14,16)/p+1. The summed E-state index contributed by atoms with van der Waals surface area (Å²) in [5.41, 5.74) is 0.740. The van der Waals surface area contributed by atoms with E-state index in [1.165, 1.54) is 4.90 Å². The van der Waals surface area contributed by atoms with Gasteiger partial charge in [-0.05, 0) is 40.8 Å². The molecule has 88 valence electrons. The number of carbonyl (C=O) groups excluding carboxylic acids is 1. The predicted octanol–water partition coefficient (Wildman–Crippen LogP) is 0.556. The van der Waals surface area contributed by atoms with E-state index >= 15 is 0 Å². The Morgan fingerprint density at radius 1 is 1.44 bits per heavy atom. The molecule has 0 saturated carbocycles. The normalized spacial score (nSPS) is 10.5. The van der Waals surface area contributed by atoms with E-state index in [-0.39, 0.29) is 5.91 Å². The Hall–Kier alpha value is -0.620. The van der Waals surface area contributed by atoms with Crippen molar-refractivity contribution in [2.75, 3.05) is 27.2 Å². The van der Waals surface area contributed by atoms with Crippen LogP contribution in [0.25, 0.3) is 0 Å². The number of hydrogen-bond acceptors (Lipinski definition) is 1. The van der Waals surface area contributed by atoms with Crippen LogP contribution in [0.5, 0.6) is 0 Å². The van der Waals surface area contributed by atoms with Crippen LogP contribution in [-0.4, -0.2) is 33.1 Å². The van der Waals surface area contributed by atoms with Crippen molar-refractivity contribution >= 4 is 28.5 Å². The summed E-state index contributed by atoms with van der Waals surface area (Å²) in [5, 5.41) is 2.93. The molecule has 3 nitrogen and oxygen atoms in total. The molecule has 0 radical (unpaired) electrons. The maximum atomic E-state index is 11.7. The average Bonchev–Trinajstić information content (AvgIpc) is 2.24. The summed E-state index contributed by atoms with van der Waals surface area (Å²) in [6, 6.07) is 7.62. The summed E-state index contributed by atoms with van der Waals surface area (Å²) in [4.78, 5) is 13.1. The van der Waals surface area contributed by atoms with Crippen LogP contribution in [0.1, 0.15) is 16.8 Å². The van der Waals surface area contributed by atoms with E-state index in [0.717, 1.165) is 28.6 Å². The smallest absolute Gasteiger partial charge is 0.251 e. The fourth-order valence-corrected chi connectivity index (χ4v) is 1.92. The fraction of sp³-hybridized carbons (Fsp3) is 0.417. The van der Waals surface area contributed by atoms with Crippen LogP contribution in [0.2, 0.25) is 0 Å². The first-order valence-corrected chi connectivity index (χ1v) is 6.50. The molecule has 1 rings (SSSR count). The maximum Gasteiger partial charge on any atom is 0.251 e. The number of benzene rings is 1. The second kappa shape index (κ2) is 6.85. The molecule has 0 unspecified atom stereocenters. The zero-order chi connectivity index (χ0) is 12.0. The minimum atomic E-state index is 0.0206. The lowest BCUT2D eigenvalue weighted by atomic mass is 10.2. The first-order valence-electron chi connectivity index (χ1n) is 5.42. The summed E-state index contributed by atoms with van der Waals surface area (Å²) in [7, 11) is 4.22. The van der Waals surface area contributed by atoms with Gasteiger partial charge >= 0.3 is 0 Å². The summed E-state index contributed by atoms with van der Waals surface area (Å²) in [6.45, 7) is 1.82. The predicted molar refractivity (Wildman–Crippen MR) is 73.8 cm³/mol. The van der Waals surface area contributed by atoms with E-state index in [2.05, 4.69) is 42.0 Å². The number of amides is 1. The highest BCUT2D eigenvalue weighted by atomic mass is 127. The monoisotopic (exact) mass is 333 g/mol. The van der Waals surface area contributed by atoms with Crippen molar-refractivity contribution in [2.24, 2.45) is 0 Å². The topological polar surface area (TPSA) is 33.5 Å². The van der Waals surface area contributed by atoms with Crippen molar-refractivity contribution in [3.8, 4) is 0 Å². The van der Waals surface area contributed by atoms with Crippen LogP contribution in [-0.2, 0) is 0 Å². The second-order valence-corrected chi connectivity index (χ2v) is 5.32. The molecular weight excluding hydrogens is 315 g/mol. The van der Waals surface area contributed by atoms with Crippen LogP contribution in [0.4, 0.5) is 0 Å². The van der Waals surface area contributed by atoms with Gasteiger partial charge in [-0.25, -0.2) is 0 Å². The van der Waals surface area contributed by atoms with E-state index in [0.29, 0.717) is 0 Å². The van der Waals surface area contributed by atoms with Crippen LogP contribution in [0.3, 0.4) is 0 Å². The number of halogens is 1. The van der Waals surface area contributed by atoms with Crippen molar-refractivity contribution in [1.82, 2.24) is 5.32 Å². The Morgan fingerprint density at radius 2 is 2.19 bits per heavy atom. The minimum absolute atomic E-state index is 0.0206. The Morgan fingerprint density at radius 3 is 2.81 bits per heavy atom. The summed E-state index contributed by atoms with van der Waals surface area (Å²) in [5.74, 6) is 0.0206. The van der Waals surface area contributed by atoms with E-state index < -0.39 is 0 Å².